The van der Waals surface area contributed by atoms with E-state index in [1.165, 1.54) is 15.4 Å². The smallest absolute Gasteiger partial charge is 0.305 e. The van der Waals surface area contributed by atoms with Crippen LogP contribution in [0.15, 0.2) is 41.3 Å². The van der Waals surface area contributed by atoms with Crippen LogP contribution in [0.25, 0.3) is 11.3 Å². The Morgan fingerprint density at radius 1 is 1.28 bits per heavy atom. The van der Waals surface area contributed by atoms with Gasteiger partial charge in [-0.05, 0) is 34.5 Å². The van der Waals surface area contributed by atoms with Gasteiger partial charge in [0.2, 0.25) is 4.34 Å². The third kappa shape index (κ3) is 5.09. The number of aromatic nitrogens is 3. The summed E-state index contributed by atoms with van der Waals surface area (Å²) in [7, 11) is -1.45. The van der Waals surface area contributed by atoms with Crippen LogP contribution in [0.3, 0.4) is 0 Å². The van der Waals surface area contributed by atoms with E-state index in [1.54, 1.807) is 51.1 Å². The molecule has 3 aromatic rings. The average molecular weight is 479 g/mol. The predicted molar refractivity (Wildman–Crippen MR) is 122 cm³/mol. The number of carboxylic acid groups (broad SMARTS) is 1. The summed E-state index contributed by atoms with van der Waals surface area (Å²) in [5, 5.41) is 16.3. The zero-order chi connectivity index (χ0) is 23.6. The molecule has 3 aromatic heterocycles. The second kappa shape index (κ2) is 9.27. The molecule has 0 bridgehead atoms. The first-order valence-electron chi connectivity index (χ1n) is 9.77. The zero-order valence-corrected chi connectivity index (χ0v) is 19.4. The molecule has 0 fully saturated rings. The molecule has 1 unspecified atom stereocenters. The molecule has 1 atom stereocenters. The molecule has 0 radical (unpaired) electrons. The van der Waals surface area contributed by atoms with E-state index in [4.69, 9.17) is 16.7 Å². The number of thiophene rings is 1. The van der Waals surface area contributed by atoms with Crippen LogP contribution in [0, 0.1) is 5.41 Å². The molecule has 0 saturated heterocycles. The van der Waals surface area contributed by atoms with Crippen LogP contribution in [0.1, 0.15) is 36.9 Å². The highest BCUT2D eigenvalue weighted by Crippen LogP contribution is 2.32. The van der Waals surface area contributed by atoms with Crippen LogP contribution < -0.4 is 10.9 Å². The minimum atomic E-state index is -1.45. The Hall–Kier alpha value is -2.95. The largest absolute Gasteiger partial charge is 0.589 e. The lowest BCUT2D eigenvalue weighted by molar-refractivity contribution is -0.137. The highest BCUT2D eigenvalue weighted by atomic mass is 35.5. The van der Waals surface area contributed by atoms with Crippen LogP contribution >= 0.6 is 22.4 Å². The number of anilines is 1. The maximum Gasteiger partial charge on any atom is 0.305 e. The minimum absolute atomic E-state index is 0.0163. The molecule has 32 heavy (non-hydrogen) atoms. The van der Waals surface area contributed by atoms with Crippen molar-refractivity contribution in [2.75, 3.05) is 5.32 Å². The van der Waals surface area contributed by atoms with Gasteiger partial charge in [0.15, 0.2) is 4.88 Å². The summed E-state index contributed by atoms with van der Waals surface area (Å²) < 4.78 is 14.9. The van der Waals surface area contributed by atoms with Crippen LogP contribution in [0.4, 0.5) is 5.82 Å². The highest BCUT2D eigenvalue weighted by molar-refractivity contribution is 7.28. The van der Waals surface area contributed by atoms with E-state index in [-0.39, 0.29) is 41.0 Å². The molecule has 0 aliphatic heterocycles. The van der Waals surface area contributed by atoms with Crippen molar-refractivity contribution in [1.29, 1.82) is 0 Å². The first kappa shape index (κ1) is 23.7. The van der Waals surface area contributed by atoms with Crippen LogP contribution in [0.5, 0.6) is 0 Å². The van der Waals surface area contributed by atoms with Crippen LogP contribution in [0.2, 0.25) is 4.34 Å². The van der Waals surface area contributed by atoms with Gasteiger partial charge in [-0.25, -0.2) is 0 Å². The Labute approximate surface area is 192 Å². The van der Waals surface area contributed by atoms with Gasteiger partial charge in [0.05, 0.1) is 18.5 Å². The van der Waals surface area contributed by atoms with Crippen molar-refractivity contribution in [1.82, 2.24) is 14.3 Å². The number of halogens is 1. The summed E-state index contributed by atoms with van der Waals surface area (Å²) in [4.78, 5) is 37.2. The Morgan fingerprint density at radius 2 is 2.00 bits per heavy atom. The Morgan fingerprint density at radius 3 is 2.59 bits per heavy atom. The number of pyridine rings is 1. The van der Waals surface area contributed by atoms with Crippen molar-refractivity contribution in [3.05, 3.63) is 56.1 Å². The third-order valence-electron chi connectivity index (χ3n) is 4.67. The minimum Gasteiger partial charge on any atom is -0.589 e. The molecule has 9 nitrogen and oxygen atoms in total. The molecule has 0 amide bonds. The van der Waals surface area contributed by atoms with Crippen LogP contribution in [-0.4, -0.2) is 35.9 Å². The molecule has 0 aromatic carbocycles. The fraction of sp³-hybridized carbons (Fsp3) is 0.333. The number of nitrogens with zero attached hydrogens (tertiary/aromatic N) is 3. The molecule has 0 aliphatic rings. The number of hydrogen-bond acceptors (Lipinski definition) is 6. The fourth-order valence-corrected chi connectivity index (χ4v) is 4.14. The molecule has 0 spiro atoms. The molecular formula is C21H23ClN4O5S. The number of rotatable bonds is 7. The van der Waals surface area contributed by atoms with E-state index in [2.05, 4.69) is 10.4 Å². The van der Waals surface area contributed by atoms with Gasteiger partial charge in [0, 0.05) is 36.4 Å². The maximum absolute atomic E-state index is 13.0. The molecular weight excluding hydrogens is 456 g/mol. The number of aliphatic carboxylic acids is 1. The summed E-state index contributed by atoms with van der Waals surface area (Å²) in [6.45, 7) is 5.43. The molecule has 0 saturated carbocycles. The third-order valence-corrected chi connectivity index (χ3v) is 6.46. The monoisotopic (exact) mass is 478 g/mol. The molecule has 170 valence electrons. The van der Waals surface area contributed by atoms with Crippen LogP contribution in [-0.2, 0) is 17.9 Å². The van der Waals surface area contributed by atoms with E-state index in [9.17, 15) is 18.9 Å². The highest BCUT2D eigenvalue weighted by Gasteiger charge is 2.27. The van der Waals surface area contributed by atoms with Crippen molar-refractivity contribution < 1.29 is 19.2 Å². The van der Waals surface area contributed by atoms with Gasteiger partial charge >= 0.3 is 5.97 Å². The van der Waals surface area contributed by atoms with Crippen molar-refractivity contribution in [3.8, 4) is 11.3 Å². The number of carboxylic acids is 1. The first-order valence-corrected chi connectivity index (χ1v) is 11.3. The van der Waals surface area contributed by atoms with Gasteiger partial charge < -0.3 is 19.5 Å². The van der Waals surface area contributed by atoms with Crippen molar-refractivity contribution in [2.24, 2.45) is 5.41 Å². The summed E-state index contributed by atoms with van der Waals surface area (Å²) in [6, 6.07) is 7.96. The molecule has 2 N–H and O–H groups in total. The number of carbonyl (C=O) groups is 2. The number of hydrogen-bond donors (Lipinski definition) is 2. The lowest BCUT2D eigenvalue weighted by atomic mass is 9.96. The quantitative estimate of drug-likeness (QED) is 0.493. The fourth-order valence-electron chi connectivity index (χ4n) is 2.94. The second-order valence-corrected chi connectivity index (χ2v) is 10.3. The summed E-state index contributed by atoms with van der Waals surface area (Å²) >= 11 is 5.88. The Kier molecular flexibility index (Phi) is 6.87. The van der Waals surface area contributed by atoms with Gasteiger partial charge in [0.1, 0.15) is 11.5 Å². The summed E-state index contributed by atoms with van der Waals surface area (Å²) in [5.41, 5.74) is -0.672. The molecule has 3 heterocycles. The molecule has 0 aliphatic carbocycles. The second-order valence-electron chi connectivity index (χ2n) is 8.17. The van der Waals surface area contributed by atoms with Gasteiger partial charge in [0.25, 0.3) is 11.5 Å². The van der Waals surface area contributed by atoms with Crippen molar-refractivity contribution >= 4 is 40.0 Å². The number of carbonyl (C=O) groups excluding carboxylic acids is 1. The predicted octanol–water partition coefficient (Wildman–Crippen LogP) is 3.87. The van der Waals surface area contributed by atoms with Gasteiger partial charge in [-0.1, -0.05) is 20.8 Å². The van der Waals surface area contributed by atoms with Gasteiger partial charge in [-0.2, -0.15) is 9.78 Å². The van der Waals surface area contributed by atoms with Gasteiger partial charge in [-0.3, -0.25) is 14.4 Å². The average Bonchev–Trinajstić information content (AvgIpc) is 3.28. The summed E-state index contributed by atoms with van der Waals surface area (Å²) in [5.74, 6) is -0.978. The molecule has 11 heteroatoms. The van der Waals surface area contributed by atoms with E-state index in [1.807, 2.05) is 0 Å². The van der Waals surface area contributed by atoms with E-state index in [0.29, 0.717) is 10.7 Å². The standard InChI is InChI=1S/C21H23ClN4O5S/c1-21(2,3)20(30)26-17(23-12-13-6-7-16(22)32(13)31)11-15(24-26)14-5-4-9-25(19(14)29)10-8-18(27)28/h4-7,9,11,23H,8,10,12H2,1-3H3,(H,27,28). The van der Waals surface area contributed by atoms with E-state index < -0.39 is 27.7 Å². The van der Waals surface area contributed by atoms with Crippen molar-refractivity contribution in [2.45, 2.75) is 40.3 Å². The summed E-state index contributed by atoms with van der Waals surface area (Å²) in [6.07, 6.45) is 1.31. The Bertz CT molecular complexity index is 1220. The number of nitrogens with one attached hydrogen (secondary N) is 1. The first-order chi connectivity index (χ1) is 15.0. The van der Waals surface area contributed by atoms with Crippen molar-refractivity contribution in [3.63, 3.8) is 0 Å². The number of aryl methyl sites for hydroxylation is 1. The normalized spacial score (nSPS) is 12.1. The van der Waals surface area contributed by atoms with E-state index >= 15 is 0 Å². The SMILES string of the molecule is CC(C)(C)C(=O)n1nc(-c2cccn(CCC(=O)O)c2=O)cc1NCc1ccc(Cl)[s+]1[O-]. The lowest BCUT2D eigenvalue weighted by Crippen LogP contribution is -2.29. The Balaban J connectivity index is 2.00. The molecule has 3 rings (SSSR count). The maximum atomic E-state index is 13.0. The lowest BCUT2D eigenvalue weighted by Gasteiger charge is -2.18. The van der Waals surface area contributed by atoms with Gasteiger partial charge in [-0.15, -0.1) is 0 Å². The topological polar surface area (TPSA) is 129 Å². The van der Waals surface area contributed by atoms with E-state index in [0.717, 1.165) is 0 Å². The zero-order valence-electron chi connectivity index (χ0n) is 17.8.